The van der Waals surface area contributed by atoms with Crippen LogP contribution in [0.4, 0.5) is 0 Å². The largest absolute Gasteiger partial charge is 0.316 e. The number of hydrogen-bond acceptors (Lipinski definition) is 2. The molecule has 2 heteroatoms. The highest BCUT2D eigenvalue weighted by Crippen LogP contribution is 2.36. The molecule has 0 unspecified atom stereocenters. The number of hydrogen-bond donors (Lipinski definition) is 2. The fourth-order valence-electron chi connectivity index (χ4n) is 3.07. The van der Waals surface area contributed by atoms with Gasteiger partial charge in [-0.2, -0.15) is 0 Å². The molecule has 2 N–H and O–H groups in total. The maximum absolute atomic E-state index is 3.68. The van der Waals surface area contributed by atoms with Crippen molar-refractivity contribution in [2.45, 2.75) is 13.0 Å². The Morgan fingerprint density at radius 2 is 2.00 bits per heavy atom. The quantitative estimate of drug-likeness (QED) is 0.720. The molecule has 0 aromatic heterocycles. The maximum atomic E-state index is 3.68. The molecule has 15 heavy (non-hydrogen) atoms. The van der Waals surface area contributed by atoms with E-state index in [0.29, 0.717) is 6.04 Å². The molecule has 0 spiro atoms. The molecule has 80 valence electrons. The van der Waals surface area contributed by atoms with Crippen LogP contribution in [-0.4, -0.2) is 19.6 Å². The zero-order valence-corrected chi connectivity index (χ0v) is 9.16. The van der Waals surface area contributed by atoms with E-state index in [1.54, 1.807) is 0 Å². The second kappa shape index (κ2) is 3.62. The van der Waals surface area contributed by atoms with E-state index in [-0.39, 0.29) is 0 Å². The number of rotatable bonds is 1. The summed E-state index contributed by atoms with van der Waals surface area (Å²) in [6, 6.07) is 9.34. The minimum absolute atomic E-state index is 0.575. The van der Waals surface area contributed by atoms with E-state index < -0.39 is 0 Å². The first-order valence-electron chi connectivity index (χ1n) is 5.86. The Labute approximate surface area is 91.1 Å². The van der Waals surface area contributed by atoms with Gasteiger partial charge in [0.2, 0.25) is 0 Å². The average molecular weight is 202 g/mol. The minimum atomic E-state index is 0.575. The first-order valence-corrected chi connectivity index (χ1v) is 5.86. The zero-order chi connectivity index (χ0) is 10.3. The molecule has 2 nitrogen and oxygen atoms in total. The smallest absolute Gasteiger partial charge is 0.0367 e. The summed E-state index contributed by atoms with van der Waals surface area (Å²) in [5.41, 5.74) is 2.91. The number of fused-ring (bicyclic) bond motifs is 1. The van der Waals surface area contributed by atoms with Gasteiger partial charge in [0.15, 0.2) is 0 Å². The third-order valence-corrected chi connectivity index (χ3v) is 3.94. The van der Waals surface area contributed by atoms with Gasteiger partial charge in [0.1, 0.15) is 0 Å². The zero-order valence-electron chi connectivity index (χ0n) is 9.16. The van der Waals surface area contributed by atoms with Crippen LogP contribution in [0.5, 0.6) is 0 Å². The Morgan fingerprint density at radius 1 is 1.13 bits per heavy atom. The van der Waals surface area contributed by atoms with E-state index in [0.717, 1.165) is 11.8 Å². The molecule has 2 fully saturated rings. The van der Waals surface area contributed by atoms with Crippen molar-refractivity contribution in [3.63, 3.8) is 0 Å². The summed E-state index contributed by atoms with van der Waals surface area (Å²) in [4.78, 5) is 0. The van der Waals surface area contributed by atoms with Crippen molar-refractivity contribution in [2.75, 3.05) is 19.6 Å². The minimum Gasteiger partial charge on any atom is -0.316 e. The number of benzene rings is 1. The maximum Gasteiger partial charge on any atom is 0.0367 e. The molecule has 3 rings (SSSR count). The lowest BCUT2D eigenvalue weighted by Crippen LogP contribution is -2.24. The van der Waals surface area contributed by atoms with E-state index in [1.165, 1.54) is 30.8 Å². The molecule has 3 atom stereocenters. The second-order valence-electron chi connectivity index (χ2n) is 4.82. The highest BCUT2D eigenvalue weighted by atomic mass is 15.0. The van der Waals surface area contributed by atoms with Gasteiger partial charge < -0.3 is 10.6 Å². The van der Waals surface area contributed by atoms with Crippen LogP contribution in [0.1, 0.15) is 17.2 Å². The van der Waals surface area contributed by atoms with Crippen LogP contribution in [-0.2, 0) is 0 Å². The molecule has 0 amide bonds. The number of nitrogens with one attached hydrogen (secondary N) is 2. The van der Waals surface area contributed by atoms with Crippen molar-refractivity contribution >= 4 is 0 Å². The Balaban J connectivity index is 1.91. The topological polar surface area (TPSA) is 24.1 Å². The Hall–Kier alpha value is -0.860. The third-order valence-electron chi connectivity index (χ3n) is 3.94. The summed E-state index contributed by atoms with van der Waals surface area (Å²) >= 11 is 0. The van der Waals surface area contributed by atoms with E-state index in [4.69, 9.17) is 0 Å². The van der Waals surface area contributed by atoms with Crippen LogP contribution in [0, 0.1) is 18.8 Å². The molecule has 2 aliphatic rings. The fourth-order valence-corrected chi connectivity index (χ4v) is 3.07. The predicted molar refractivity (Wildman–Crippen MR) is 61.8 cm³/mol. The summed E-state index contributed by atoms with van der Waals surface area (Å²) in [6.45, 7) is 5.76. The lowest BCUT2D eigenvalue weighted by molar-refractivity contribution is 0.449. The van der Waals surface area contributed by atoms with Crippen LogP contribution in [0.3, 0.4) is 0 Å². The first kappa shape index (κ1) is 9.37. The van der Waals surface area contributed by atoms with Crippen molar-refractivity contribution in [3.8, 4) is 0 Å². The molecule has 2 saturated heterocycles. The van der Waals surface area contributed by atoms with Crippen LogP contribution < -0.4 is 10.6 Å². The molecule has 1 aromatic carbocycles. The Kier molecular flexibility index (Phi) is 2.26. The molecular formula is C13H18N2. The van der Waals surface area contributed by atoms with Crippen LogP contribution in [0.15, 0.2) is 24.3 Å². The van der Waals surface area contributed by atoms with Gasteiger partial charge in [0.05, 0.1) is 0 Å². The molecule has 0 bridgehead atoms. The normalized spacial score (nSPS) is 34.3. The van der Waals surface area contributed by atoms with E-state index in [1.807, 2.05) is 0 Å². The van der Waals surface area contributed by atoms with Gasteiger partial charge in [0.25, 0.3) is 0 Å². The predicted octanol–water partition coefficient (Wildman–Crippen LogP) is 1.47. The molecule has 0 radical (unpaired) electrons. The van der Waals surface area contributed by atoms with Crippen molar-refractivity contribution in [1.29, 1.82) is 0 Å². The van der Waals surface area contributed by atoms with Gasteiger partial charge in [-0.15, -0.1) is 0 Å². The molecule has 2 aliphatic heterocycles. The monoisotopic (exact) mass is 202 g/mol. The van der Waals surface area contributed by atoms with Crippen molar-refractivity contribution in [3.05, 3.63) is 35.4 Å². The first-order chi connectivity index (χ1) is 7.36. The SMILES string of the molecule is Cc1ccccc1[C@H]1NC[C@@H]2CNC[C@@H]21. The molecular weight excluding hydrogens is 184 g/mol. The van der Waals surface area contributed by atoms with Crippen molar-refractivity contribution in [1.82, 2.24) is 10.6 Å². The average Bonchev–Trinajstić information content (AvgIpc) is 2.80. The van der Waals surface area contributed by atoms with Crippen LogP contribution >= 0.6 is 0 Å². The summed E-state index contributed by atoms with van der Waals surface area (Å²) in [5.74, 6) is 1.64. The summed E-state index contributed by atoms with van der Waals surface area (Å²) in [5, 5.41) is 7.18. The Morgan fingerprint density at radius 3 is 2.87 bits per heavy atom. The van der Waals surface area contributed by atoms with Gasteiger partial charge in [-0.3, -0.25) is 0 Å². The molecule has 1 aromatic rings. The van der Waals surface area contributed by atoms with Gasteiger partial charge in [-0.1, -0.05) is 24.3 Å². The summed E-state index contributed by atoms with van der Waals surface area (Å²) < 4.78 is 0. The molecule has 0 saturated carbocycles. The lowest BCUT2D eigenvalue weighted by Gasteiger charge is -2.20. The highest BCUT2D eigenvalue weighted by molar-refractivity contribution is 5.30. The van der Waals surface area contributed by atoms with E-state index in [9.17, 15) is 0 Å². The summed E-state index contributed by atoms with van der Waals surface area (Å²) in [7, 11) is 0. The van der Waals surface area contributed by atoms with E-state index >= 15 is 0 Å². The van der Waals surface area contributed by atoms with Gasteiger partial charge in [-0.05, 0) is 36.4 Å². The lowest BCUT2D eigenvalue weighted by atomic mass is 9.88. The second-order valence-corrected chi connectivity index (χ2v) is 4.82. The third kappa shape index (κ3) is 1.48. The summed E-state index contributed by atoms with van der Waals surface area (Å²) in [6.07, 6.45) is 0. The highest BCUT2D eigenvalue weighted by Gasteiger charge is 2.39. The van der Waals surface area contributed by atoms with Crippen LogP contribution in [0.25, 0.3) is 0 Å². The molecule has 0 aliphatic carbocycles. The van der Waals surface area contributed by atoms with Crippen molar-refractivity contribution in [2.24, 2.45) is 11.8 Å². The number of aryl methyl sites for hydroxylation is 1. The van der Waals surface area contributed by atoms with Crippen molar-refractivity contribution < 1.29 is 0 Å². The van der Waals surface area contributed by atoms with Gasteiger partial charge in [0, 0.05) is 19.1 Å². The van der Waals surface area contributed by atoms with Gasteiger partial charge in [-0.25, -0.2) is 0 Å². The molecule has 2 heterocycles. The van der Waals surface area contributed by atoms with Gasteiger partial charge >= 0.3 is 0 Å². The Bertz CT molecular complexity index is 361. The fraction of sp³-hybridized carbons (Fsp3) is 0.538. The van der Waals surface area contributed by atoms with Crippen LogP contribution in [0.2, 0.25) is 0 Å². The van der Waals surface area contributed by atoms with E-state index in [2.05, 4.69) is 41.8 Å². The standard InChI is InChI=1S/C13H18N2/c1-9-4-2-3-5-11(9)13-12-8-14-6-10(12)7-15-13/h2-5,10,12-15H,6-8H2,1H3/t10-,12-,13+/m0/s1.